The molecule has 10 N–H and O–H groups in total. The molecule has 5 aromatic heterocycles. The first-order chi connectivity index (χ1) is 32.1. The van der Waals surface area contributed by atoms with Gasteiger partial charge in [-0.2, -0.15) is 19.5 Å². The second-order valence-electron chi connectivity index (χ2n) is 14.2. The number of aliphatic hydroxyl groups is 1. The number of aliphatic hydroxyl groups excluding tert-OH is 1. The van der Waals surface area contributed by atoms with Gasteiger partial charge in [-0.1, -0.05) is 48.0 Å². The Hall–Kier alpha value is -7.85. The molecule has 3 amide bonds. The van der Waals surface area contributed by atoms with E-state index in [0.29, 0.717) is 85.7 Å². The van der Waals surface area contributed by atoms with Gasteiger partial charge in [0.25, 0.3) is 24.1 Å². The molecule has 342 valence electrons. The van der Waals surface area contributed by atoms with Gasteiger partial charge in [0.15, 0.2) is 5.76 Å². The van der Waals surface area contributed by atoms with Gasteiger partial charge in [0, 0.05) is 69.3 Å². The zero-order valence-electron chi connectivity index (χ0n) is 35.6. The molecule has 21 nitrogen and oxygen atoms in total. The van der Waals surface area contributed by atoms with Crippen molar-refractivity contribution in [1.82, 2.24) is 50.5 Å². The number of aromatic nitrogens is 7. The second kappa shape index (κ2) is 23.7. The van der Waals surface area contributed by atoms with Gasteiger partial charge >= 0.3 is 0 Å². The van der Waals surface area contributed by atoms with Crippen molar-refractivity contribution in [3.63, 3.8) is 0 Å². The molecule has 0 aliphatic heterocycles. The number of nitrogens with two attached hydrogens (primary N) is 1. The molecule has 22 heteroatoms. The Morgan fingerprint density at radius 1 is 0.803 bits per heavy atom. The number of nitrogens with zero attached hydrogens (tertiary/aromatic N) is 7. The van der Waals surface area contributed by atoms with Crippen molar-refractivity contribution in [2.75, 3.05) is 54.5 Å². The largest absolute Gasteiger partial charge is 0.483 e. The van der Waals surface area contributed by atoms with E-state index in [0.717, 1.165) is 22.3 Å². The summed E-state index contributed by atoms with van der Waals surface area (Å²) in [4.78, 5) is 68.6. The van der Waals surface area contributed by atoms with Crippen molar-refractivity contribution in [3.8, 4) is 22.7 Å². The highest BCUT2D eigenvalue weighted by Crippen LogP contribution is 2.37. The number of rotatable bonds is 20. The average molecular weight is 919 g/mol. The van der Waals surface area contributed by atoms with Crippen LogP contribution in [0.4, 0.5) is 23.3 Å². The number of hydrogen-bond donors (Lipinski definition) is 9. The fourth-order valence-electron chi connectivity index (χ4n) is 6.37. The van der Waals surface area contributed by atoms with Crippen molar-refractivity contribution in [1.29, 1.82) is 0 Å². The first-order valence-corrected chi connectivity index (χ1v) is 20.9. The standard InChI is InChI=1S/C43H45ClN14O5.CH2O2/c1-26-29(30-7-3-9-32(37(30)44)53-40(62)34-15-13-28(25-51-34)23-47-19-20-59)6-2-8-31(26)52-39(61)33-14-12-27(24-50-33)22-46-17-18-48-36(60)11-4-16-49-42-55-41(45)58-43(56-42)54-38(57-58)35-10-5-21-63-35;2-1-3/h2-3,5-10,12-15,21,24-25,46-47,59H,4,11,16-20,22-23H2,1H3,(H,48,60)(H,52,61)(H,53,62)(H3,45,49,54,55,56,57);1H,(H,2,3). The number of carbonyl (C=O) groups excluding carboxylic acids is 3. The van der Waals surface area contributed by atoms with Crippen LogP contribution in [0.25, 0.3) is 28.5 Å². The number of pyridine rings is 2. The number of halogens is 1. The van der Waals surface area contributed by atoms with Crippen LogP contribution in [0, 0.1) is 6.92 Å². The number of carboxylic acid groups (broad SMARTS) is 1. The van der Waals surface area contributed by atoms with Crippen molar-refractivity contribution in [2.45, 2.75) is 32.9 Å². The maximum atomic E-state index is 13.3. The molecule has 7 rings (SSSR count). The Balaban J connectivity index is 0.00000234. The van der Waals surface area contributed by atoms with Crippen LogP contribution in [0.1, 0.15) is 50.5 Å². The Labute approximate surface area is 382 Å². The SMILES string of the molecule is Cc1c(NC(=O)c2ccc(CNCCNC(=O)CCCNc3nc(N)n4nc(-c5ccco5)nc4n3)cn2)cccc1-c1cccc(NC(=O)c2ccc(CNCCO)cn2)c1Cl.O=CO. The summed E-state index contributed by atoms with van der Waals surface area (Å²) in [5, 5.41) is 38.6. The first kappa shape index (κ1) is 47.6. The van der Waals surface area contributed by atoms with E-state index in [1.165, 1.54) is 10.8 Å². The summed E-state index contributed by atoms with van der Waals surface area (Å²) in [6.45, 7) is 4.54. The number of furan rings is 1. The van der Waals surface area contributed by atoms with Gasteiger partial charge in [-0.15, -0.1) is 5.10 Å². The molecule has 0 aliphatic carbocycles. The lowest BCUT2D eigenvalue weighted by Gasteiger charge is -2.16. The van der Waals surface area contributed by atoms with E-state index in [1.54, 1.807) is 60.9 Å². The maximum Gasteiger partial charge on any atom is 0.290 e. The van der Waals surface area contributed by atoms with E-state index < -0.39 is 5.91 Å². The van der Waals surface area contributed by atoms with E-state index in [4.69, 9.17) is 36.8 Å². The molecule has 2 aromatic carbocycles. The van der Waals surface area contributed by atoms with Crippen molar-refractivity contribution in [3.05, 3.63) is 125 Å². The molecule has 0 fully saturated rings. The van der Waals surface area contributed by atoms with Gasteiger partial charge in [-0.25, -0.2) is 0 Å². The third-order valence-electron chi connectivity index (χ3n) is 9.64. The van der Waals surface area contributed by atoms with Crippen LogP contribution < -0.4 is 37.6 Å². The molecule has 0 saturated heterocycles. The zero-order chi connectivity index (χ0) is 46.8. The normalized spacial score (nSPS) is 10.8. The van der Waals surface area contributed by atoms with Gasteiger partial charge in [0.05, 0.1) is 23.6 Å². The van der Waals surface area contributed by atoms with Gasteiger partial charge in [-0.05, 0) is 72.0 Å². The third kappa shape index (κ3) is 12.9. The van der Waals surface area contributed by atoms with Gasteiger partial charge in [0.1, 0.15) is 11.4 Å². The summed E-state index contributed by atoms with van der Waals surface area (Å²) in [6, 6.07) is 21.2. The highest BCUT2D eigenvalue weighted by Gasteiger charge is 2.18. The third-order valence-corrected chi connectivity index (χ3v) is 10.1. The molecule has 0 bridgehead atoms. The number of nitrogen functional groups attached to an aromatic ring is 1. The number of nitrogens with one attached hydrogen (secondary N) is 6. The summed E-state index contributed by atoms with van der Waals surface area (Å²) in [7, 11) is 0. The first-order valence-electron chi connectivity index (χ1n) is 20.5. The predicted molar refractivity (Wildman–Crippen MR) is 247 cm³/mol. The lowest BCUT2D eigenvalue weighted by molar-refractivity contribution is -0.123. The molecule has 0 radical (unpaired) electrons. The average Bonchev–Trinajstić information content (AvgIpc) is 4.02. The minimum Gasteiger partial charge on any atom is -0.483 e. The molecule has 0 aliphatic rings. The summed E-state index contributed by atoms with van der Waals surface area (Å²) < 4.78 is 6.66. The van der Waals surface area contributed by atoms with Crippen molar-refractivity contribution >= 4 is 64.8 Å². The summed E-state index contributed by atoms with van der Waals surface area (Å²) in [6.07, 6.45) is 5.61. The van der Waals surface area contributed by atoms with E-state index in [1.807, 2.05) is 31.2 Å². The van der Waals surface area contributed by atoms with E-state index in [9.17, 15) is 14.4 Å². The Bertz CT molecular complexity index is 2730. The molecule has 0 atom stereocenters. The number of benzene rings is 2. The topological polar surface area (TPSA) is 302 Å². The van der Waals surface area contributed by atoms with Gasteiger partial charge in [0.2, 0.25) is 23.6 Å². The van der Waals surface area contributed by atoms with Crippen molar-refractivity contribution < 1.29 is 33.8 Å². The van der Waals surface area contributed by atoms with Gasteiger partial charge < -0.3 is 52.3 Å². The van der Waals surface area contributed by atoms with E-state index in [-0.39, 0.29) is 54.0 Å². The lowest BCUT2D eigenvalue weighted by Crippen LogP contribution is -2.31. The highest BCUT2D eigenvalue weighted by molar-refractivity contribution is 6.36. The Morgan fingerprint density at radius 2 is 1.45 bits per heavy atom. The number of carbonyl (C=O) groups is 4. The van der Waals surface area contributed by atoms with E-state index >= 15 is 0 Å². The fourth-order valence-corrected chi connectivity index (χ4v) is 6.64. The quantitative estimate of drug-likeness (QED) is 0.0383. The van der Waals surface area contributed by atoms with Crippen LogP contribution >= 0.6 is 11.6 Å². The van der Waals surface area contributed by atoms with Crippen LogP contribution in [0.15, 0.2) is 95.9 Å². The summed E-state index contributed by atoms with van der Waals surface area (Å²) >= 11 is 6.85. The maximum absolute atomic E-state index is 13.3. The number of anilines is 4. The van der Waals surface area contributed by atoms with Crippen LogP contribution in [0.3, 0.4) is 0 Å². The van der Waals surface area contributed by atoms with Crippen LogP contribution in [0.5, 0.6) is 0 Å². The Morgan fingerprint density at radius 3 is 2.09 bits per heavy atom. The molecular formula is C44H47ClN14O7. The molecule has 7 aromatic rings. The summed E-state index contributed by atoms with van der Waals surface area (Å²) in [5.41, 5.74) is 11.5. The number of hydrogen-bond acceptors (Lipinski definition) is 16. The minimum absolute atomic E-state index is 0.0327. The van der Waals surface area contributed by atoms with E-state index in [2.05, 4.69) is 61.9 Å². The molecule has 0 spiro atoms. The predicted octanol–water partition coefficient (Wildman–Crippen LogP) is 4.17. The monoisotopic (exact) mass is 918 g/mol. The Kier molecular flexibility index (Phi) is 17.1. The van der Waals surface area contributed by atoms with Crippen LogP contribution in [-0.2, 0) is 22.7 Å². The van der Waals surface area contributed by atoms with Crippen molar-refractivity contribution in [2.24, 2.45) is 0 Å². The van der Waals surface area contributed by atoms with Crippen LogP contribution in [0.2, 0.25) is 5.02 Å². The molecule has 5 heterocycles. The van der Waals surface area contributed by atoms with Gasteiger partial charge in [-0.3, -0.25) is 29.1 Å². The summed E-state index contributed by atoms with van der Waals surface area (Å²) in [5.74, 6) is 0.609. The zero-order valence-corrected chi connectivity index (χ0v) is 36.4. The number of fused-ring (bicyclic) bond motifs is 1. The molecule has 0 saturated carbocycles. The van der Waals surface area contributed by atoms with Crippen LogP contribution in [-0.4, -0.2) is 102 Å². The molecule has 0 unspecified atom stereocenters. The smallest absolute Gasteiger partial charge is 0.290 e. The highest BCUT2D eigenvalue weighted by atomic mass is 35.5. The fraction of sp³-hybridized carbons (Fsp3) is 0.227. The molecular weight excluding hydrogens is 872 g/mol. The number of amides is 3. The second-order valence-corrected chi connectivity index (χ2v) is 14.6. The lowest BCUT2D eigenvalue weighted by atomic mass is 9.98. The molecule has 66 heavy (non-hydrogen) atoms. The minimum atomic E-state index is -0.415.